The summed E-state index contributed by atoms with van der Waals surface area (Å²) in [6, 6.07) is 5.06. The third-order valence-corrected chi connectivity index (χ3v) is 3.71. The fourth-order valence-corrected chi connectivity index (χ4v) is 2.80. The van der Waals surface area contributed by atoms with E-state index in [0.717, 1.165) is 24.4 Å². The van der Waals surface area contributed by atoms with Gasteiger partial charge in [0, 0.05) is 23.9 Å². The molecule has 1 aromatic rings. The maximum Gasteiger partial charge on any atom is 0.0181 e. The highest BCUT2D eigenvalue weighted by molar-refractivity contribution is 5.12. The highest BCUT2D eigenvalue weighted by atomic mass is 14.9. The predicted molar refractivity (Wildman–Crippen MR) is 64.0 cm³/mol. The lowest BCUT2D eigenvalue weighted by Crippen LogP contribution is -2.36. The largest absolute Gasteiger partial charge is 0.365 e. The van der Waals surface area contributed by atoms with Crippen molar-refractivity contribution in [2.75, 3.05) is 6.54 Å². The van der Waals surface area contributed by atoms with Gasteiger partial charge in [0.25, 0.3) is 0 Å². The van der Waals surface area contributed by atoms with Crippen LogP contribution in [0.15, 0.2) is 18.3 Å². The Morgan fingerprint density at radius 2 is 2.33 bits per heavy atom. The average Bonchev–Trinajstić information content (AvgIpc) is 2.74. The molecular formula is C13H22N2. The van der Waals surface area contributed by atoms with Crippen LogP contribution in [-0.4, -0.2) is 17.6 Å². The Balaban J connectivity index is 2.02. The standard InChI is InChI=1S/C13H22N2/c1-3-14-11-7-6-10(2)12(9-11)13-5-4-8-15-13/h4-5,8,10-12,14-15H,3,6-7,9H2,1-2H3. The Morgan fingerprint density at radius 1 is 1.47 bits per heavy atom. The molecule has 3 atom stereocenters. The lowest BCUT2D eigenvalue weighted by atomic mass is 9.76. The van der Waals surface area contributed by atoms with Crippen molar-refractivity contribution in [2.24, 2.45) is 5.92 Å². The van der Waals surface area contributed by atoms with Gasteiger partial charge in [0.15, 0.2) is 0 Å². The lowest BCUT2D eigenvalue weighted by molar-refractivity contribution is 0.268. The number of rotatable bonds is 3. The zero-order chi connectivity index (χ0) is 10.7. The summed E-state index contributed by atoms with van der Waals surface area (Å²) in [6.45, 7) is 5.67. The van der Waals surface area contributed by atoms with Crippen LogP contribution in [0.4, 0.5) is 0 Å². The van der Waals surface area contributed by atoms with E-state index < -0.39 is 0 Å². The second kappa shape index (κ2) is 4.84. The van der Waals surface area contributed by atoms with E-state index >= 15 is 0 Å². The molecule has 84 valence electrons. The molecule has 1 aromatic heterocycles. The first-order valence-corrected chi connectivity index (χ1v) is 6.18. The van der Waals surface area contributed by atoms with E-state index in [9.17, 15) is 0 Å². The van der Waals surface area contributed by atoms with Gasteiger partial charge in [-0.15, -0.1) is 0 Å². The predicted octanol–water partition coefficient (Wildman–Crippen LogP) is 2.90. The van der Waals surface area contributed by atoms with Crippen molar-refractivity contribution in [3.05, 3.63) is 24.0 Å². The minimum atomic E-state index is 0.720. The van der Waals surface area contributed by atoms with Gasteiger partial charge in [-0.25, -0.2) is 0 Å². The van der Waals surface area contributed by atoms with Crippen LogP contribution in [0.5, 0.6) is 0 Å². The molecule has 1 heterocycles. The van der Waals surface area contributed by atoms with Crippen LogP contribution in [0.1, 0.15) is 44.7 Å². The fourth-order valence-electron chi connectivity index (χ4n) is 2.80. The average molecular weight is 206 g/mol. The first kappa shape index (κ1) is 10.7. The first-order chi connectivity index (χ1) is 7.31. The molecule has 2 rings (SSSR count). The fraction of sp³-hybridized carbons (Fsp3) is 0.692. The zero-order valence-corrected chi connectivity index (χ0v) is 9.79. The Morgan fingerprint density at radius 3 is 3.00 bits per heavy atom. The van der Waals surface area contributed by atoms with Crippen LogP contribution in [0.25, 0.3) is 0 Å². The molecule has 1 aliphatic carbocycles. The Labute approximate surface area is 92.5 Å². The van der Waals surface area contributed by atoms with Gasteiger partial charge >= 0.3 is 0 Å². The summed E-state index contributed by atoms with van der Waals surface area (Å²) in [5, 5.41) is 3.58. The van der Waals surface area contributed by atoms with E-state index in [2.05, 4.69) is 36.3 Å². The summed E-state index contributed by atoms with van der Waals surface area (Å²) in [4.78, 5) is 3.37. The highest BCUT2D eigenvalue weighted by Gasteiger charge is 2.28. The third-order valence-electron chi connectivity index (χ3n) is 3.71. The van der Waals surface area contributed by atoms with Gasteiger partial charge in [0.2, 0.25) is 0 Å². The molecule has 0 radical (unpaired) electrons. The van der Waals surface area contributed by atoms with E-state index in [1.165, 1.54) is 25.0 Å². The molecular weight excluding hydrogens is 184 g/mol. The Hall–Kier alpha value is -0.760. The van der Waals surface area contributed by atoms with Gasteiger partial charge in [-0.3, -0.25) is 0 Å². The van der Waals surface area contributed by atoms with Crippen LogP contribution in [0.2, 0.25) is 0 Å². The van der Waals surface area contributed by atoms with Gasteiger partial charge in [0.05, 0.1) is 0 Å². The molecule has 1 saturated carbocycles. The summed E-state index contributed by atoms with van der Waals surface area (Å²) in [5.41, 5.74) is 1.42. The minimum absolute atomic E-state index is 0.720. The van der Waals surface area contributed by atoms with Gasteiger partial charge in [0.1, 0.15) is 0 Å². The summed E-state index contributed by atoms with van der Waals surface area (Å²) in [6.07, 6.45) is 6.02. The summed E-state index contributed by atoms with van der Waals surface area (Å²) < 4.78 is 0. The molecule has 0 amide bonds. The normalized spacial score (nSPS) is 31.7. The van der Waals surface area contributed by atoms with Gasteiger partial charge in [-0.1, -0.05) is 13.8 Å². The van der Waals surface area contributed by atoms with Crippen molar-refractivity contribution in [2.45, 2.75) is 45.1 Å². The molecule has 2 heteroatoms. The lowest BCUT2D eigenvalue weighted by Gasteiger charge is -2.34. The topological polar surface area (TPSA) is 27.8 Å². The maximum absolute atomic E-state index is 3.58. The van der Waals surface area contributed by atoms with Gasteiger partial charge < -0.3 is 10.3 Å². The number of H-pyrrole nitrogens is 1. The number of nitrogens with one attached hydrogen (secondary N) is 2. The Bertz CT molecular complexity index is 279. The smallest absolute Gasteiger partial charge is 0.0181 e. The number of hydrogen-bond donors (Lipinski definition) is 2. The Kier molecular flexibility index (Phi) is 3.47. The van der Waals surface area contributed by atoms with Crippen LogP contribution >= 0.6 is 0 Å². The van der Waals surface area contributed by atoms with E-state index in [4.69, 9.17) is 0 Å². The van der Waals surface area contributed by atoms with Gasteiger partial charge in [-0.05, 0) is 43.9 Å². The van der Waals surface area contributed by atoms with Gasteiger partial charge in [-0.2, -0.15) is 0 Å². The molecule has 1 fully saturated rings. The monoisotopic (exact) mass is 206 g/mol. The highest BCUT2D eigenvalue weighted by Crippen LogP contribution is 2.36. The van der Waals surface area contributed by atoms with Crippen molar-refractivity contribution in [1.82, 2.24) is 10.3 Å². The second-order valence-corrected chi connectivity index (χ2v) is 4.78. The van der Waals surface area contributed by atoms with Crippen LogP contribution in [0.3, 0.4) is 0 Å². The minimum Gasteiger partial charge on any atom is -0.365 e. The van der Waals surface area contributed by atoms with Crippen LogP contribution in [0, 0.1) is 5.92 Å². The van der Waals surface area contributed by atoms with Crippen molar-refractivity contribution in [3.8, 4) is 0 Å². The quantitative estimate of drug-likeness (QED) is 0.782. The molecule has 15 heavy (non-hydrogen) atoms. The molecule has 0 spiro atoms. The zero-order valence-electron chi connectivity index (χ0n) is 9.79. The molecule has 2 N–H and O–H groups in total. The molecule has 0 bridgehead atoms. The maximum atomic E-state index is 3.58. The van der Waals surface area contributed by atoms with E-state index in [-0.39, 0.29) is 0 Å². The molecule has 1 aliphatic rings. The third kappa shape index (κ3) is 2.43. The molecule has 2 nitrogen and oxygen atoms in total. The molecule has 0 aromatic carbocycles. The van der Waals surface area contributed by atoms with Crippen LogP contribution in [-0.2, 0) is 0 Å². The van der Waals surface area contributed by atoms with Crippen LogP contribution < -0.4 is 5.32 Å². The molecule has 0 saturated heterocycles. The number of aromatic nitrogens is 1. The number of aromatic amines is 1. The second-order valence-electron chi connectivity index (χ2n) is 4.78. The van der Waals surface area contributed by atoms with Crippen molar-refractivity contribution in [3.63, 3.8) is 0 Å². The van der Waals surface area contributed by atoms with Crippen molar-refractivity contribution >= 4 is 0 Å². The summed E-state index contributed by atoms with van der Waals surface area (Å²) in [5.74, 6) is 1.54. The SMILES string of the molecule is CCNC1CCC(C)C(c2ccc[nH]2)C1. The van der Waals surface area contributed by atoms with E-state index in [0.29, 0.717) is 0 Å². The molecule has 0 aliphatic heterocycles. The summed E-state index contributed by atoms with van der Waals surface area (Å²) >= 11 is 0. The summed E-state index contributed by atoms with van der Waals surface area (Å²) in [7, 11) is 0. The van der Waals surface area contributed by atoms with Crippen molar-refractivity contribution < 1.29 is 0 Å². The molecule has 3 unspecified atom stereocenters. The van der Waals surface area contributed by atoms with Crippen molar-refractivity contribution in [1.29, 1.82) is 0 Å². The number of hydrogen-bond acceptors (Lipinski definition) is 1. The first-order valence-electron chi connectivity index (χ1n) is 6.18. The van der Waals surface area contributed by atoms with E-state index in [1.54, 1.807) is 0 Å². The van der Waals surface area contributed by atoms with E-state index in [1.807, 2.05) is 6.20 Å².